The predicted molar refractivity (Wildman–Crippen MR) is 142 cm³/mol. The Balaban J connectivity index is 1.54. The highest BCUT2D eigenvalue weighted by molar-refractivity contribution is 5.98. The minimum atomic E-state index is -2.73. The van der Waals surface area contributed by atoms with Crippen LogP contribution in [0.1, 0.15) is 49.1 Å². The van der Waals surface area contributed by atoms with Crippen LogP contribution < -0.4 is 4.90 Å². The number of halogens is 2. The smallest absolute Gasteiger partial charge is 0.268 e. The van der Waals surface area contributed by atoms with Crippen molar-refractivity contribution in [2.45, 2.75) is 52.2 Å². The number of likely N-dealkylation sites (tertiary alicyclic amines) is 1. The molecule has 1 amide bonds. The van der Waals surface area contributed by atoms with Gasteiger partial charge in [0.05, 0.1) is 35.2 Å². The first-order valence-corrected chi connectivity index (χ1v) is 13.1. The molecule has 0 N–H and O–H groups in total. The molecule has 0 bridgehead atoms. The number of alkyl halides is 2. The molecule has 3 aliphatic rings. The SMILES string of the molecule is C=CC(=O)N1CC2(CCN(c3nc4c(c(-c5c(C)ccc6cnn(C)c56)c3C(F)F)COC(C)(C)C4)C2)C1. The molecule has 200 valence electrons. The first kappa shape index (κ1) is 25.0. The Kier molecular flexibility index (Phi) is 5.65. The van der Waals surface area contributed by atoms with Crippen LogP contribution in [0, 0.1) is 12.3 Å². The van der Waals surface area contributed by atoms with Gasteiger partial charge in [-0.05, 0) is 38.8 Å². The van der Waals surface area contributed by atoms with Crippen molar-refractivity contribution in [3.8, 4) is 11.1 Å². The van der Waals surface area contributed by atoms with Gasteiger partial charge in [-0.3, -0.25) is 9.48 Å². The van der Waals surface area contributed by atoms with Crippen molar-refractivity contribution in [2.24, 2.45) is 12.5 Å². The average Bonchev–Trinajstić information content (AvgIpc) is 3.45. The van der Waals surface area contributed by atoms with Crippen molar-refractivity contribution in [3.05, 3.63) is 53.4 Å². The second-order valence-corrected chi connectivity index (χ2v) is 11.7. The Morgan fingerprint density at radius 1 is 1.21 bits per heavy atom. The van der Waals surface area contributed by atoms with E-state index in [4.69, 9.17) is 9.72 Å². The third kappa shape index (κ3) is 3.82. The Morgan fingerprint density at radius 3 is 2.68 bits per heavy atom. The fourth-order valence-electron chi connectivity index (χ4n) is 6.54. The molecule has 2 fully saturated rings. The Morgan fingerprint density at radius 2 is 1.97 bits per heavy atom. The molecule has 3 aromatic rings. The number of nitrogens with zero attached hydrogens (tertiary/aromatic N) is 5. The highest BCUT2D eigenvalue weighted by Crippen LogP contribution is 2.49. The molecule has 0 unspecified atom stereocenters. The van der Waals surface area contributed by atoms with Crippen LogP contribution in [0.4, 0.5) is 14.6 Å². The van der Waals surface area contributed by atoms with Crippen molar-refractivity contribution < 1.29 is 18.3 Å². The first-order valence-electron chi connectivity index (χ1n) is 13.1. The maximum Gasteiger partial charge on any atom is 0.268 e. The lowest BCUT2D eigenvalue weighted by Crippen LogP contribution is -2.59. The van der Waals surface area contributed by atoms with Crippen LogP contribution in [0.3, 0.4) is 0 Å². The van der Waals surface area contributed by atoms with E-state index in [0.717, 1.165) is 39.7 Å². The number of pyridine rings is 1. The number of hydrogen-bond donors (Lipinski definition) is 0. The monoisotopic (exact) mass is 521 g/mol. The molecule has 2 saturated heterocycles. The van der Waals surface area contributed by atoms with Gasteiger partial charge in [0, 0.05) is 67.1 Å². The summed E-state index contributed by atoms with van der Waals surface area (Å²) in [5, 5.41) is 5.33. The molecule has 0 saturated carbocycles. The number of aryl methyl sites for hydroxylation is 2. The minimum absolute atomic E-state index is 0.0424. The third-order valence-corrected chi connectivity index (χ3v) is 8.46. The number of carbonyl (C=O) groups is 1. The zero-order valence-corrected chi connectivity index (χ0v) is 22.4. The fraction of sp³-hybridized carbons (Fsp3) is 0.483. The van der Waals surface area contributed by atoms with Crippen molar-refractivity contribution >= 4 is 22.6 Å². The Hall–Kier alpha value is -3.33. The topological polar surface area (TPSA) is 63.5 Å². The Labute approximate surface area is 221 Å². The normalized spacial score (nSPS) is 19.8. The summed E-state index contributed by atoms with van der Waals surface area (Å²) in [5.41, 5.74) is 3.99. The van der Waals surface area contributed by atoms with E-state index in [9.17, 15) is 4.79 Å². The van der Waals surface area contributed by atoms with E-state index < -0.39 is 12.0 Å². The van der Waals surface area contributed by atoms with Crippen molar-refractivity contribution in [1.82, 2.24) is 19.7 Å². The number of fused-ring (bicyclic) bond motifs is 2. The van der Waals surface area contributed by atoms with Gasteiger partial charge in [-0.1, -0.05) is 18.7 Å². The van der Waals surface area contributed by atoms with E-state index in [1.807, 2.05) is 44.9 Å². The standard InChI is InChI=1S/C29H33F2N5O2/c1-6-21(37)36-15-29(16-36)9-10-35(14-29)27-24(26(30)31)23(19-13-38-28(3,4)11-20(19)33-27)22-17(2)7-8-18-12-32-34(5)25(18)22/h6-8,12,26H,1,9-11,13-16H2,2-5H3. The highest BCUT2D eigenvalue weighted by Gasteiger charge is 2.50. The Bertz CT molecular complexity index is 1470. The van der Waals surface area contributed by atoms with Crippen LogP contribution in [0.25, 0.3) is 22.0 Å². The lowest BCUT2D eigenvalue weighted by Gasteiger charge is -2.47. The van der Waals surface area contributed by atoms with Gasteiger partial charge >= 0.3 is 0 Å². The van der Waals surface area contributed by atoms with E-state index >= 15 is 8.78 Å². The second-order valence-electron chi connectivity index (χ2n) is 11.7. The van der Waals surface area contributed by atoms with Crippen molar-refractivity contribution in [1.29, 1.82) is 0 Å². The quantitative estimate of drug-likeness (QED) is 0.455. The molecule has 0 atom stereocenters. The molecule has 0 radical (unpaired) electrons. The molecule has 1 aromatic carbocycles. The van der Waals surface area contributed by atoms with Gasteiger partial charge in [-0.25, -0.2) is 13.8 Å². The number of hydrogen-bond acceptors (Lipinski definition) is 5. The number of rotatable bonds is 4. The largest absolute Gasteiger partial charge is 0.370 e. The lowest BCUT2D eigenvalue weighted by atomic mass is 9.79. The predicted octanol–water partition coefficient (Wildman–Crippen LogP) is 4.96. The number of amides is 1. The van der Waals surface area contributed by atoms with Gasteiger partial charge in [0.15, 0.2) is 0 Å². The van der Waals surface area contributed by atoms with Crippen LogP contribution in [0.2, 0.25) is 0 Å². The molecule has 3 aliphatic heterocycles. The molecular formula is C29H33F2N5O2. The van der Waals surface area contributed by atoms with E-state index in [1.165, 1.54) is 6.08 Å². The highest BCUT2D eigenvalue weighted by atomic mass is 19.3. The van der Waals surface area contributed by atoms with Crippen LogP contribution in [-0.4, -0.2) is 57.4 Å². The summed E-state index contributed by atoms with van der Waals surface area (Å²) in [6, 6.07) is 3.95. The van der Waals surface area contributed by atoms with E-state index in [2.05, 4.69) is 11.7 Å². The van der Waals surface area contributed by atoms with Crippen LogP contribution >= 0.6 is 0 Å². The molecule has 1 spiro atoms. The van der Waals surface area contributed by atoms with Crippen LogP contribution in [-0.2, 0) is 29.6 Å². The maximum absolute atomic E-state index is 15.2. The molecule has 9 heteroatoms. The molecule has 5 heterocycles. The van der Waals surface area contributed by atoms with Gasteiger partial charge < -0.3 is 14.5 Å². The number of benzene rings is 1. The molecule has 2 aromatic heterocycles. The van der Waals surface area contributed by atoms with Gasteiger partial charge in [0.2, 0.25) is 5.91 Å². The van der Waals surface area contributed by atoms with E-state index in [-0.39, 0.29) is 23.5 Å². The summed E-state index contributed by atoms with van der Waals surface area (Å²) >= 11 is 0. The number of carbonyl (C=O) groups excluding carboxylic acids is 1. The molecule has 7 nitrogen and oxygen atoms in total. The van der Waals surface area contributed by atoms with Crippen molar-refractivity contribution in [2.75, 3.05) is 31.1 Å². The number of ether oxygens (including phenoxy) is 1. The van der Waals surface area contributed by atoms with Crippen LogP contribution in [0.5, 0.6) is 0 Å². The third-order valence-electron chi connectivity index (χ3n) is 8.46. The summed E-state index contributed by atoms with van der Waals surface area (Å²) in [4.78, 5) is 20.8. The number of anilines is 1. The van der Waals surface area contributed by atoms with Gasteiger partial charge in [-0.15, -0.1) is 0 Å². The summed E-state index contributed by atoms with van der Waals surface area (Å²) < 4.78 is 38.3. The van der Waals surface area contributed by atoms with Crippen molar-refractivity contribution in [3.63, 3.8) is 0 Å². The van der Waals surface area contributed by atoms with Gasteiger partial charge in [0.25, 0.3) is 6.43 Å². The molecule has 38 heavy (non-hydrogen) atoms. The minimum Gasteiger partial charge on any atom is -0.370 e. The zero-order valence-electron chi connectivity index (χ0n) is 22.4. The summed E-state index contributed by atoms with van der Waals surface area (Å²) in [6.45, 7) is 12.2. The second kappa shape index (κ2) is 8.59. The van der Waals surface area contributed by atoms with Crippen LogP contribution in [0.15, 0.2) is 31.0 Å². The lowest BCUT2D eigenvalue weighted by molar-refractivity contribution is -0.136. The maximum atomic E-state index is 15.2. The zero-order chi connectivity index (χ0) is 27.0. The van der Waals surface area contributed by atoms with E-state index in [1.54, 1.807) is 15.8 Å². The molecule has 0 aliphatic carbocycles. The fourth-order valence-corrected chi connectivity index (χ4v) is 6.54. The summed E-state index contributed by atoms with van der Waals surface area (Å²) in [5.74, 6) is 0.272. The molecular weight excluding hydrogens is 488 g/mol. The van der Waals surface area contributed by atoms with Gasteiger partial charge in [0.1, 0.15) is 5.82 Å². The average molecular weight is 522 g/mol. The summed E-state index contributed by atoms with van der Waals surface area (Å²) in [7, 11) is 1.85. The first-order chi connectivity index (χ1) is 18.0. The number of aromatic nitrogens is 3. The van der Waals surface area contributed by atoms with E-state index in [0.29, 0.717) is 44.0 Å². The summed E-state index contributed by atoms with van der Waals surface area (Å²) in [6.07, 6.45) is 1.73. The molecule has 6 rings (SSSR count). The van der Waals surface area contributed by atoms with Gasteiger partial charge in [-0.2, -0.15) is 5.10 Å².